The van der Waals surface area contributed by atoms with E-state index in [4.69, 9.17) is 0 Å². The van der Waals surface area contributed by atoms with Crippen LogP contribution in [-0.4, -0.2) is 28.3 Å². The summed E-state index contributed by atoms with van der Waals surface area (Å²) in [5.41, 5.74) is 2.22. The van der Waals surface area contributed by atoms with E-state index in [9.17, 15) is 0 Å². The van der Waals surface area contributed by atoms with Gasteiger partial charge in [0.05, 0.1) is 6.20 Å². The molecule has 21 heavy (non-hydrogen) atoms. The standard InChI is InChI=1S/C16H23N5/c1-4-10-21(11-5-2)16-19-15(12-17-20-16)18-14-9-7-6-8-13(14)3/h6-9,12H,4-5,10-11H2,1-3H3,(H,18,19,20). The molecule has 1 aromatic carbocycles. The summed E-state index contributed by atoms with van der Waals surface area (Å²) in [6, 6.07) is 8.13. The molecular weight excluding hydrogens is 262 g/mol. The molecule has 0 unspecified atom stereocenters. The van der Waals surface area contributed by atoms with E-state index in [-0.39, 0.29) is 0 Å². The number of benzene rings is 1. The van der Waals surface area contributed by atoms with E-state index in [0.717, 1.165) is 37.4 Å². The van der Waals surface area contributed by atoms with E-state index in [1.165, 1.54) is 5.56 Å². The van der Waals surface area contributed by atoms with Crippen LogP contribution in [0.2, 0.25) is 0 Å². The first kappa shape index (κ1) is 15.2. The molecule has 0 aliphatic carbocycles. The normalized spacial score (nSPS) is 10.4. The fourth-order valence-corrected chi connectivity index (χ4v) is 2.19. The van der Waals surface area contributed by atoms with Crippen LogP contribution in [-0.2, 0) is 0 Å². The predicted octanol–water partition coefficient (Wildman–Crippen LogP) is 3.55. The fraction of sp³-hybridized carbons (Fsp3) is 0.438. The van der Waals surface area contributed by atoms with Gasteiger partial charge in [0.2, 0.25) is 5.95 Å². The van der Waals surface area contributed by atoms with E-state index in [1.54, 1.807) is 6.20 Å². The molecule has 0 amide bonds. The minimum atomic E-state index is 0.692. The Morgan fingerprint density at radius 1 is 1.10 bits per heavy atom. The van der Waals surface area contributed by atoms with Crippen molar-refractivity contribution in [2.45, 2.75) is 33.6 Å². The molecule has 1 heterocycles. The highest BCUT2D eigenvalue weighted by molar-refractivity contribution is 5.60. The zero-order valence-electron chi connectivity index (χ0n) is 13.0. The second-order valence-electron chi connectivity index (χ2n) is 5.07. The van der Waals surface area contributed by atoms with Crippen molar-refractivity contribution in [3.8, 4) is 0 Å². The molecular formula is C16H23N5. The SMILES string of the molecule is CCCN(CCC)c1nncc(Nc2ccccc2C)n1. The fourth-order valence-electron chi connectivity index (χ4n) is 2.19. The molecule has 0 saturated carbocycles. The van der Waals surface area contributed by atoms with Crippen LogP contribution in [0.15, 0.2) is 30.5 Å². The second-order valence-corrected chi connectivity index (χ2v) is 5.07. The van der Waals surface area contributed by atoms with E-state index >= 15 is 0 Å². The number of rotatable bonds is 7. The van der Waals surface area contributed by atoms with Crippen molar-refractivity contribution in [3.63, 3.8) is 0 Å². The van der Waals surface area contributed by atoms with Gasteiger partial charge in [0.25, 0.3) is 0 Å². The van der Waals surface area contributed by atoms with Crippen LogP contribution in [0.3, 0.4) is 0 Å². The Hall–Kier alpha value is -2.17. The molecule has 0 saturated heterocycles. The van der Waals surface area contributed by atoms with Gasteiger partial charge in [-0.15, -0.1) is 5.10 Å². The third-order valence-corrected chi connectivity index (χ3v) is 3.23. The number of hydrogen-bond donors (Lipinski definition) is 1. The first-order valence-electron chi connectivity index (χ1n) is 7.52. The maximum Gasteiger partial charge on any atom is 0.247 e. The Labute approximate surface area is 126 Å². The number of anilines is 3. The Morgan fingerprint density at radius 2 is 1.81 bits per heavy atom. The molecule has 5 heteroatoms. The van der Waals surface area contributed by atoms with Crippen LogP contribution >= 0.6 is 0 Å². The van der Waals surface area contributed by atoms with Crippen molar-refractivity contribution >= 4 is 17.5 Å². The highest BCUT2D eigenvalue weighted by Gasteiger charge is 2.09. The molecule has 112 valence electrons. The van der Waals surface area contributed by atoms with Crippen LogP contribution in [0.4, 0.5) is 17.5 Å². The average molecular weight is 285 g/mol. The Morgan fingerprint density at radius 3 is 2.48 bits per heavy atom. The van der Waals surface area contributed by atoms with Crippen LogP contribution in [0, 0.1) is 6.92 Å². The Balaban J connectivity index is 2.18. The summed E-state index contributed by atoms with van der Waals surface area (Å²) in [6.45, 7) is 8.28. The minimum Gasteiger partial charge on any atom is -0.339 e. The molecule has 2 rings (SSSR count). The van der Waals surface area contributed by atoms with Crippen molar-refractivity contribution in [1.82, 2.24) is 15.2 Å². The Bertz CT molecular complexity index is 564. The maximum atomic E-state index is 4.59. The van der Waals surface area contributed by atoms with Crippen molar-refractivity contribution in [2.75, 3.05) is 23.3 Å². The summed E-state index contributed by atoms with van der Waals surface area (Å²) in [6.07, 6.45) is 3.80. The lowest BCUT2D eigenvalue weighted by Crippen LogP contribution is -2.27. The molecule has 0 bridgehead atoms. The third kappa shape index (κ3) is 4.15. The summed E-state index contributed by atoms with van der Waals surface area (Å²) in [4.78, 5) is 6.76. The molecule has 0 aliphatic rings. The number of nitrogens with zero attached hydrogens (tertiary/aromatic N) is 4. The highest BCUT2D eigenvalue weighted by atomic mass is 15.3. The van der Waals surface area contributed by atoms with Gasteiger partial charge in [0, 0.05) is 18.8 Å². The Kier molecular flexibility index (Phi) is 5.49. The van der Waals surface area contributed by atoms with E-state index in [2.05, 4.69) is 52.2 Å². The van der Waals surface area contributed by atoms with Crippen LogP contribution in [0.1, 0.15) is 32.3 Å². The molecule has 0 aliphatic heterocycles. The predicted molar refractivity (Wildman–Crippen MR) is 87.1 cm³/mol. The van der Waals surface area contributed by atoms with Crippen molar-refractivity contribution in [2.24, 2.45) is 0 Å². The smallest absolute Gasteiger partial charge is 0.247 e. The molecule has 0 atom stereocenters. The molecule has 0 spiro atoms. The van der Waals surface area contributed by atoms with E-state index in [0.29, 0.717) is 5.95 Å². The molecule has 1 N–H and O–H groups in total. The van der Waals surface area contributed by atoms with Gasteiger partial charge < -0.3 is 10.2 Å². The number of para-hydroxylation sites is 1. The first-order valence-corrected chi connectivity index (χ1v) is 7.52. The lowest BCUT2D eigenvalue weighted by atomic mass is 10.2. The number of hydrogen-bond acceptors (Lipinski definition) is 5. The monoisotopic (exact) mass is 285 g/mol. The van der Waals surface area contributed by atoms with Gasteiger partial charge in [-0.3, -0.25) is 0 Å². The van der Waals surface area contributed by atoms with Gasteiger partial charge in [0.15, 0.2) is 5.82 Å². The topological polar surface area (TPSA) is 53.9 Å². The minimum absolute atomic E-state index is 0.692. The average Bonchev–Trinajstić information content (AvgIpc) is 2.50. The number of nitrogens with one attached hydrogen (secondary N) is 1. The first-order chi connectivity index (χ1) is 10.2. The lowest BCUT2D eigenvalue weighted by Gasteiger charge is -2.21. The quantitative estimate of drug-likeness (QED) is 0.843. The van der Waals surface area contributed by atoms with Gasteiger partial charge >= 0.3 is 0 Å². The number of aromatic nitrogens is 3. The number of aryl methyl sites for hydroxylation is 1. The highest BCUT2D eigenvalue weighted by Crippen LogP contribution is 2.19. The second kappa shape index (κ2) is 7.57. The van der Waals surface area contributed by atoms with Crippen LogP contribution < -0.4 is 10.2 Å². The summed E-state index contributed by atoms with van der Waals surface area (Å²) in [7, 11) is 0. The molecule has 5 nitrogen and oxygen atoms in total. The molecule has 0 fully saturated rings. The molecule has 2 aromatic rings. The van der Waals surface area contributed by atoms with E-state index in [1.807, 2.05) is 18.2 Å². The van der Waals surface area contributed by atoms with Crippen molar-refractivity contribution in [1.29, 1.82) is 0 Å². The van der Waals surface area contributed by atoms with Gasteiger partial charge in [0.1, 0.15) is 0 Å². The van der Waals surface area contributed by atoms with Gasteiger partial charge in [-0.25, -0.2) is 0 Å². The van der Waals surface area contributed by atoms with Gasteiger partial charge in [-0.2, -0.15) is 10.1 Å². The van der Waals surface area contributed by atoms with Crippen molar-refractivity contribution < 1.29 is 0 Å². The summed E-state index contributed by atoms with van der Waals surface area (Å²) in [5.74, 6) is 1.42. The third-order valence-electron chi connectivity index (χ3n) is 3.23. The van der Waals surface area contributed by atoms with Gasteiger partial charge in [-0.1, -0.05) is 32.0 Å². The zero-order chi connectivity index (χ0) is 15.1. The zero-order valence-corrected chi connectivity index (χ0v) is 13.0. The van der Waals surface area contributed by atoms with Crippen LogP contribution in [0.25, 0.3) is 0 Å². The van der Waals surface area contributed by atoms with Crippen LogP contribution in [0.5, 0.6) is 0 Å². The van der Waals surface area contributed by atoms with E-state index < -0.39 is 0 Å². The van der Waals surface area contributed by atoms with Gasteiger partial charge in [-0.05, 0) is 31.4 Å². The maximum absolute atomic E-state index is 4.59. The summed E-state index contributed by atoms with van der Waals surface area (Å²) in [5, 5.41) is 11.6. The summed E-state index contributed by atoms with van der Waals surface area (Å²) >= 11 is 0. The largest absolute Gasteiger partial charge is 0.339 e. The lowest BCUT2D eigenvalue weighted by molar-refractivity contribution is 0.711. The molecule has 1 aromatic heterocycles. The summed E-state index contributed by atoms with van der Waals surface area (Å²) < 4.78 is 0. The molecule has 0 radical (unpaired) electrons. The van der Waals surface area contributed by atoms with Crippen molar-refractivity contribution in [3.05, 3.63) is 36.0 Å².